The van der Waals surface area contributed by atoms with Crippen molar-refractivity contribution in [3.8, 4) is 0 Å². The summed E-state index contributed by atoms with van der Waals surface area (Å²) < 4.78 is 1.93. The second-order valence-electron chi connectivity index (χ2n) is 7.05. The van der Waals surface area contributed by atoms with Gasteiger partial charge < -0.3 is 16.0 Å². The lowest BCUT2D eigenvalue weighted by molar-refractivity contribution is 0.0963. The molecule has 29 heavy (non-hydrogen) atoms. The van der Waals surface area contributed by atoms with Gasteiger partial charge in [-0.3, -0.25) is 14.5 Å². The highest BCUT2D eigenvalue weighted by Crippen LogP contribution is 2.14. The van der Waals surface area contributed by atoms with Gasteiger partial charge in [-0.1, -0.05) is 12.1 Å². The number of nitrogens with one attached hydrogen (secondary N) is 3. The molecule has 160 valence electrons. The van der Waals surface area contributed by atoms with E-state index in [2.05, 4.69) is 46.8 Å². The van der Waals surface area contributed by atoms with E-state index in [4.69, 9.17) is 0 Å². The Labute approximate surface area is 190 Å². The summed E-state index contributed by atoms with van der Waals surface area (Å²) >= 11 is 0. The molecule has 1 heterocycles. The third-order valence-electron chi connectivity index (χ3n) is 4.90. The van der Waals surface area contributed by atoms with Gasteiger partial charge in [0.05, 0.1) is 5.69 Å². The van der Waals surface area contributed by atoms with Gasteiger partial charge >= 0.3 is 0 Å². The third kappa shape index (κ3) is 7.02. The van der Waals surface area contributed by atoms with Crippen LogP contribution in [-0.4, -0.2) is 48.3 Å². The number of nitrogens with zero attached hydrogens (tertiary/aromatic N) is 3. The maximum Gasteiger partial charge on any atom is 0.251 e. The number of aromatic nitrogens is 2. The molecule has 1 unspecified atom stereocenters. The zero-order valence-electron chi connectivity index (χ0n) is 18.2. The smallest absolute Gasteiger partial charge is 0.251 e. The standard InChI is InChI=1S/C21H32N6O.HI/c1-14(12-19-15(2)26-27(6)16(19)3)25-21(23-5)24-11-10-17-8-7-9-18(13-17)20(28)22-4;/h7-9,13-14H,10-12H2,1-6H3,(H,22,28)(H2,23,24,25);1H. The summed E-state index contributed by atoms with van der Waals surface area (Å²) in [7, 11) is 5.39. The lowest BCUT2D eigenvalue weighted by Crippen LogP contribution is -2.43. The maximum atomic E-state index is 11.8. The first-order valence-electron chi connectivity index (χ1n) is 9.63. The largest absolute Gasteiger partial charge is 0.356 e. The van der Waals surface area contributed by atoms with Crippen LogP contribution in [0, 0.1) is 13.8 Å². The fraction of sp³-hybridized carbons (Fsp3) is 0.476. The quantitative estimate of drug-likeness (QED) is 0.302. The SMILES string of the molecule is CN=C(NCCc1cccc(C(=O)NC)c1)NC(C)Cc1c(C)nn(C)c1C.I. The van der Waals surface area contributed by atoms with Crippen LogP contribution in [0.15, 0.2) is 29.3 Å². The lowest BCUT2D eigenvalue weighted by Gasteiger charge is -2.18. The van der Waals surface area contributed by atoms with Crippen LogP contribution in [0.5, 0.6) is 0 Å². The number of aliphatic imine (C=N–C) groups is 1. The Morgan fingerprint density at radius 1 is 1.31 bits per heavy atom. The summed E-state index contributed by atoms with van der Waals surface area (Å²) in [4.78, 5) is 16.1. The van der Waals surface area contributed by atoms with E-state index in [1.807, 2.05) is 36.0 Å². The molecule has 1 amide bonds. The molecule has 0 aliphatic rings. The van der Waals surface area contributed by atoms with E-state index in [0.29, 0.717) is 5.56 Å². The average molecular weight is 512 g/mol. The summed E-state index contributed by atoms with van der Waals surface area (Å²) in [6.07, 6.45) is 1.70. The minimum absolute atomic E-state index is 0. The molecular formula is C21H33IN6O. The summed E-state index contributed by atoms with van der Waals surface area (Å²) in [6, 6.07) is 7.91. The van der Waals surface area contributed by atoms with E-state index in [1.54, 1.807) is 14.1 Å². The van der Waals surface area contributed by atoms with Crippen molar-refractivity contribution in [3.63, 3.8) is 0 Å². The van der Waals surface area contributed by atoms with E-state index in [-0.39, 0.29) is 35.9 Å². The van der Waals surface area contributed by atoms with Gasteiger partial charge in [0.25, 0.3) is 5.91 Å². The van der Waals surface area contributed by atoms with Crippen molar-refractivity contribution in [2.45, 2.75) is 39.7 Å². The Morgan fingerprint density at radius 2 is 2.03 bits per heavy atom. The highest BCUT2D eigenvalue weighted by atomic mass is 127. The van der Waals surface area contributed by atoms with E-state index >= 15 is 0 Å². The van der Waals surface area contributed by atoms with Gasteiger partial charge in [0.15, 0.2) is 5.96 Å². The van der Waals surface area contributed by atoms with Crippen molar-refractivity contribution < 1.29 is 4.79 Å². The van der Waals surface area contributed by atoms with Crippen LogP contribution < -0.4 is 16.0 Å². The van der Waals surface area contributed by atoms with Crippen LogP contribution in [0.2, 0.25) is 0 Å². The molecule has 1 aromatic heterocycles. The predicted octanol–water partition coefficient (Wildman–Crippen LogP) is 2.35. The van der Waals surface area contributed by atoms with E-state index in [1.165, 1.54) is 11.3 Å². The Morgan fingerprint density at radius 3 is 2.62 bits per heavy atom. The molecule has 2 rings (SSSR count). The molecule has 1 aromatic carbocycles. The molecule has 0 bridgehead atoms. The maximum absolute atomic E-state index is 11.8. The minimum atomic E-state index is -0.0675. The number of guanidine groups is 1. The van der Waals surface area contributed by atoms with Crippen LogP contribution in [0.1, 0.15) is 39.8 Å². The van der Waals surface area contributed by atoms with Crippen molar-refractivity contribution in [1.29, 1.82) is 0 Å². The summed E-state index contributed by atoms with van der Waals surface area (Å²) in [5.74, 6) is 0.705. The van der Waals surface area contributed by atoms with Crippen LogP contribution in [0.25, 0.3) is 0 Å². The topological polar surface area (TPSA) is 83.3 Å². The second-order valence-corrected chi connectivity index (χ2v) is 7.05. The second kappa shape index (κ2) is 11.8. The number of carbonyl (C=O) groups excluding carboxylic acids is 1. The molecule has 0 aliphatic carbocycles. The first-order valence-corrected chi connectivity index (χ1v) is 9.63. The van der Waals surface area contributed by atoms with Crippen molar-refractivity contribution >= 4 is 35.8 Å². The lowest BCUT2D eigenvalue weighted by atomic mass is 10.1. The van der Waals surface area contributed by atoms with Crippen molar-refractivity contribution in [1.82, 2.24) is 25.7 Å². The molecule has 3 N–H and O–H groups in total. The minimum Gasteiger partial charge on any atom is -0.356 e. The summed E-state index contributed by atoms with van der Waals surface area (Å²) in [5.41, 5.74) is 5.35. The number of rotatable bonds is 7. The van der Waals surface area contributed by atoms with Crippen molar-refractivity contribution in [3.05, 3.63) is 52.3 Å². The monoisotopic (exact) mass is 512 g/mol. The van der Waals surface area contributed by atoms with Crippen LogP contribution >= 0.6 is 24.0 Å². The third-order valence-corrected chi connectivity index (χ3v) is 4.90. The van der Waals surface area contributed by atoms with Gasteiger partial charge in [0.2, 0.25) is 0 Å². The molecule has 8 heteroatoms. The van der Waals surface area contributed by atoms with Crippen molar-refractivity contribution in [2.24, 2.45) is 12.0 Å². The zero-order valence-corrected chi connectivity index (χ0v) is 20.5. The Bertz CT molecular complexity index is 846. The molecule has 7 nitrogen and oxygen atoms in total. The number of halogens is 1. The normalized spacial score (nSPS) is 12.1. The Balaban J connectivity index is 0.00000420. The predicted molar refractivity (Wildman–Crippen MR) is 129 cm³/mol. The van der Waals surface area contributed by atoms with Gasteiger partial charge in [-0.25, -0.2) is 0 Å². The first kappa shape index (κ1) is 24.9. The summed E-state index contributed by atoms with van der Waals surface area (Å²) in [5, 5.41) is 13.9. The fourth-order valence-electron chi connectivity index (χ4n) is 3.24. The number of benzene rings is 1. The molecular weight excluding hydrogens is 479 g/mol. The van der Waals surface area contributed by atoms with Crippen molar-refractivity contribution in [2.75, 3.05) is 20.6 Å². The highest BCUT2D eigenvalue weighted by Gasteiger charge is 2.14. The van der Waals surface area contributed by atoms with Crippen LogP contribution in [0.4, 0.5) is 0 Å². The number of hydrogen-bond acceptors (Lipinski definition) is 3. The number of carbonyl (C=O) groups is 1. The fourth-order valence-corrected chi connectivity index (χ4v) is 3.24. The highest BCUT2D eigenvalue weighted by molar-refractivity contribution is 14.0. The number of hydrogen-bond donors (Lipinski definition) is 3. The average Bonchev–Trinajstić information content (AvgIpc) is 2.92. The van der Waals surface area contributed by atoms with E-state index in [0.717, 1.165) is 36.6 Å². The molecule has 0 spiro atoms. The van der Waals surface area contributed by atoms with E-state index in [9.17, 15) is 4.79 Å². The molecule has 0 saturated carbocycles. The van der Waals surface area contributed by atoms with Gasteiger partial charge in [0.1, 0.15) is 0 Å². The molecule has 1 atom stereocenters. The van der Waals surface area contributed by atoms with Gasteiger partial charge in [-0.05, 0) is 56.9 Å². The molecule has 2 aromatic rings. The van der Waals surface area contributed by atoms with Gasteiger partial charge in [-0.2, -0.15) is 5.10 Å². The Hall–Kier alpha value is -2.10. The van der Waals surface area contributed by atoms with Crippen LogP contribution in [-0.2, 0) is 19.9 Å². The number of amides is 1. The van der Waals surface area contributed by atoms with Gasteiger partial charge in [0, 0.05) is 45.0 Å². The first-order chi connectivity index (χ1) is 13.3. The van der Waals surface area contributed by atoms with E-state index < -0.39 is 0 Å². The summed E-state index contributed by atoms with van der Waals surface area (Å²) in [6.45, 7) is 7.03. The number of aryl methyl sites for hydroxylation is 2. The Kier molecular flexibility index (Phi) is 10.1. The zero-order chi connectivity index (χ0) is 20.7. The van der Waals surface area contributed by atoms with Crippen LogP contribution in [0.3, 0.4) is 0 Å². The molecule has 0 fully saturated rings. The molecule has 0 radical (unpaired) electrons. The molecule has 0 aliphatic heterocycles. The van der Waals surface area contributed by atoms with Gasteiger partial charge in [-0.15, -0.1) is 24.0 Å². The molecule has 0 saturated heterocycles.